The number of carbonyl (C=O) groups excluding carboxylic acids is 1. The van der Waals surface area contributed by atoms with Crippen LogP contribution in [0.4, 0.5) is 0 Å². The van der Waals surface area contributed by atoms with Gasteiger partial charge in [-0.3, -0.25) is 4.79 Å². The molecule has 0 spiro atoms. The SMILES string of the molecule is CCn1cc(S(N)(=O)=O)cc1C(=O)NCC1CCCC1. The number of hydrogen-bond acceptors (Lipinski definition) is 3. The Labute approximate surface area is 119 Å². The maximum absolute atomic E-state index is 12.2. The Morgan fingerprint density at radius 3 is 2.65 bits per heavy atom. The first kappa shape index (κ1) is 15.1. The first-order chi connectivity index (χ1) is 9.41. The molecule has 3 N–H and O–H groups in total. The van der Waals surface area contributed by atoms with E-state index in [-0.39, 0.29) is 10.8 Å². The summed E-state index contributed by atoms with van der Waals surface area (Å²) in [6.07, 6.45) is 6.15. The van der Waals surface area contributed by atoms with Crippen LogP contribution in [0.3, 0.4) is 0 Å². The van der Waals surface area contributed by atoms with Gasteiger partial charge in [0.15, 0.2) is 0 Å². The number of nitrogens with two attached hydrogens (primary N) is 1. The van der Waals surface area contributed by atoms with E-state index in [0.29, 0.717) is 24.7 Å². The van der Waals surface area contributed by atoms with Crippen LogP contribution < -0.4 is 10.5 Å². The Kier molecular flexibility index (Phi) is 4.49. The Morgan fingerprint density at radius 2 is 2.10 bits per heavy atom. The summed E-state index contributed by atoms with van der Waals surface area (Å²) < 4.78 is 24.3. The third-order valence-corrected chi connectivity index (χ3v) is 4.68. The molecule has 1 saturated carbocycles. The van der Waals surface area contributed by atoms with E-state index in [4.69, 9.17) is 5.14 Å². The zero-order valence-corrected chi connectivity index (χ0v) is 12.4. The third kappa shape index (κ3) is 3.40. The van der Waals surface area contributed by atoms with Gasteiger partial charge in [0.05, 0.1) is 0 Å². The Hall–Kier alpha value is -1.34. The monoisotopic (exact) mass is 299 g/mol. The molecule has 0 aliphatic heterocycles. The molecule has 6 nitrogen and oxygen atoms in total. The number of nitrogens with zero attached hydrogens (tertiary/aromatic N) is 1. The maximum Gasteiger partial charge on any atom is 0.267 e. The molecule has 1 aromatic rings. The summed E-state index contributed by atoms with van der Waals surface area (Å²) in [4.78, 5) is 12.1. The number of amides is 1. The summed E-state index contributed by atoms with van der Waals surface area (Å²) in [6.45, 7) is 3.01. The van der Waals surface area contributed by atoms with Gasteiger partial charge in [-0.25, -0.2) is 13.6 Å². The fourth-order valence-corrected chi connectivity index (χ4v) is 3.18. The van der Waals surface area contributed by atoms with Crippen molar-refractivity contribution in [2.24, 2.45) is 11.1 Å². The first-order valence-electron chi connectivity index (χ1n) is 6.93. The molecule has 0 atom stereocenters. The van der Waals surface area contributed by atoms with Crippen LogP contribution in [0.1, 0.15) is 43.1 Å². The van der Waals surface area contributed by atoms with Gasteiger partial charge in [0.25, 0.3) is 5.91 Å². The predicted molar refractivity (Wildman–Crippen MR) is 75.8 cm³/mol. The lowest BCUT2D eigenvalue weighted by molar-refractivity contribution is 0.0938. The van der Waals surface area contributed by atoms with Gasteiger partial charge in [0, 0.05) is 19.3 Å². The average molecular weight is 299 g/mol. The van der Waals surface area contributed by atoms with E-state index in [9.17, 15) is 13.2 Å². The van der Waals surface area contributed by atoms with Crippen LogP contribution in [0, 0.1) is 5.92 Å². The lowest BCUT2D eigenvalue weighted by Crippen LogP contribution is -2.29. The van der Waals surface area contributed by atoms with Gasteiger partial charge in [-0.05, 0) is 31.7 Å². The highest BCUT2D eigenvalue weighted by Gasteiger charge is 2.20. The molecule has 0 bridgehead atoms. The molecule has 20 heavy (non-hydrogen) atoms. The van der Waals surface area contributed by atoms with Crippen molar-refractivity contribution in [3.63, 3.8) is 0 Å². The van der Waals surface area contributed by atoms with Crippen molar-refractivity contribution in [3.05, 3.63) is 18.0 Å². The van der Waals surface area contributed by atoms with Crippen molar-refractivity contribution < 1.29 is 13.2 Å². The normalized spacial score (nSPS) is 16.5. The van der Waals surface area contributed by atoms with Crippen molar-refractivity contribution in [1.29, 1.82) is 0 Å². The highest BCUT2D eigenvalue weighted by Crippen LogP contribution is 2.23. The second kappa shape index (κ2) is 5.97. The zero-order chi connectivity index (χ0) is 14.8. The first-order valence-corrected chi connectivity index (χ1v) is 8.47. The molecule has 0 saturated heterocycles. The fraction of sp³-hybridized carbons (Fsp3) is 0.615. The minimum absolute atomic E-state index is 0.0228. The van der Waals surface area contributed by atoms with Gasteiger partial charge in [0.1, 0.15) is 10.6 Å². The number of sulfonamides is 1. The van der Waals surface area contributed by atoms with Crippen LogP contribution in [-0.4, -0.2) is 25.4 Å². The largest absolute Gasteiger partial charge is 0.350 e. The van der Waals surface area contributed by atoms with Crippen molar-refractivity contribution in [2.75, 3.05) is 6.54 Å². The average Bonchev–Trinajstić information content (AvgIpc) is 3.03. The van der Waals surface area contributed by atoms with E-state index in [0.717, 1.165) is 12.8 Å². The molecule has 0 aromatic carbocycles. The molecule has 7 heteroatoms. The number of carbonyl (C=O) groups is 1. The molecule has 0 unspecified atom stereocenters. The van der Waals surface area contributed by atoms with Gasteiger partial charge in [-0.2, -0.15) is 0 Å². The lowest BCUT2D eigenvalue weighted by atomic mass is 10.1. The van der Waals surface area contributed by atoms with Gasteiger partial charge in [-0.15, -0.1) is 0 Å². The van der Waals surface area contributed by atoms with Crippen molar-refractivity contribution in [1.82, 2.24) is 9.88 Å². The van der Waals surface area contributed by atoms with Gasteiger partial charge >= 0.3 is 0 Å². The number of hydrogen-bond donors (Lipinski definition) is 2. The Balaban J connectivity index is 2.10. The second-order valence-electron chi connectivity index (χ2n) is 5.25. The molecule has 2 rings (SSSR count). The number of primary sulfonamides is 1. The van der Waals surface area contributed by atoms with E-state index in [1.165, 1.54) is 25.1 Å². The molecular formula is C13H21N3O3S. The lowest BCUT2D eigenvalue weighted by Gasteiger charge is -2.11. The minimum atomic E-state index is -3.78. The van der Waals surface area contributed by atoms with Gasteiger partial charge in [0.2, 0.25) is 10.0 Å². The smallest absolute Gasteiger partial charge is 0.267 e. The second-order valence-corrected chi connectivity index (χ2v) is 6.81. The van der Waals surface area contributed by atoms with Crippen LogP contribution in [0.25, 0.3) is 0 Å². The molecule has 1 heterocycles. The van der Waals surface area contributed by atoms with Crippen molar-refractivity contribution >= 4 is 15.9 Å². The molecule has 1 fully saturated rings. The van der Waals surface area contributed by atoms with Crippen molar-refractivity contribution in [3.8, 4) is 0 Å². The number of aryl methyl sites for hydroxylation is 1. The highest BCUT2D eigenvalue weighted by molar-refractivity contribution is 7.89. The van der Waals surface area contributed by atoms with Crippen LogP contribution in [0.5, 0.6) is 0 Å². The van der Waals surface area contributed by atoms with E-state index < -0.39 is 10.0 Å². The Bertz CT molecular complexity index is 586. The summed E-state index contributed by atoms with van der Waals surface area (Å²) in [5.41, 5.74) is 0.342. The summed E-state index contributed by atoms with van der Waals surface area (Å²) in [6, 6.07) is 1.34. The summed E-state index contributed by atoms with van der Waals surface area (Å²) in [5, 5.41) is 7.98. The van der Waals surface area contributed by atoms with Gasteiger partial charge < -0.3 is 9.88 Å². The Morgan fingerprint density at radius 1 is 1.45 bits per heavy atom. The highest BCUT2D eigenvalue weighted by atomic mass is 32.2. The van der Waals surface area contributed by atoms with E-state index >= 15 is 0 Å². The number of rotatable bonds is 5. The number of aromatic nitrogens is 1. The van der Waals surface area contributed by atoms with Crippen molar-refractivity contribution in [2.45, 2.75) is 44.0 Å². The summed E-state index contributed by atoms with van der Waals surface area (Å²) in [5.74, 6) is 0.301. The minimum Gasteiger partial charge on any atom is -0.350 e. The maximum atomic E-state index is 12.2. The molecule has 1 aliphatic rings. The molecular weight excluding hydrogens is 278 g/mol. The standard InChI is InChI=1S/C13H21N3O3S/c1-2-16-9-11(20(14,18)19)7-12(16)13(17)15-8-10-5-3-4-6-10/h7,9-10H,2-6,8H2,1H3,(H,15,17)(H2,14,18,19). The zero-order valence-electron chi connectivity index (χ0n) is 11.6. The van der Waals surface area contributed by atoms with Crippen LogP contribution >= 0.6 is 0 Å². The van der Waals surface area contributed by atoms with E-state index in [2.05, 4.69) is 5.32 Å². The van der Waals surface area contributed by atoms with E-state index in [1.807, 2.05) is 6.92 Å². The molecule has 0 radical (unpaired) electrons. The summed E-state index contributed by atoms with van der Waals surface area (Å²) >= 11 is 0. The predicted octanol–water partition coefficient (Wildman–Crippen LogP) is 1.08. The quantitative estimate of drug-likeness (QED) is 0.851. The topological polar surface area (TPSA) is 94.2 Å². The number of nitrogens with one attached hydrogen (secondary N) is 1. The molecule has 1 aliphatic carbocycles. The van der Waals surface area contributed by atoms with Gasteiger partial charge in [-0.1, -0.05) is 12.8 Å². The van der Waals surface area contributed by atoms with Crippen LogP contribution in [-0.2, 0) is 16.6 Å². The van der Waals surface area contributed by atoms with Crippen LogP contribution in [0.15, 0.2) is 17.2 Å². The molecule has 112 valence electrons. The van der Waals surface area contributed by atoms with Crippen LogP contribution in [0.2, 0.25) is 0 Å². The molecule has 1 amide bonds. The third-order valence-electron chi connectivity index (χ3n) is 3.80. The van der Waals surface area contributed by atoms with E-state index in [1.54, 1.807) is 4.57 Å². The fourth-order valence-electron chi connectivity index (χ4n) is 2.63. The summed E-state index contributed by atoms with van der Waals surface area (Å²) in [7, 11) is -3.78. The molecule has 1 aromatic heterocycles.